The summed E-state index contributed by atoms with van der Waals surface area (Å²) in [5.41, 5.74) is 8.45. The molecule has 0 saturated heterocycles. The molecule has 1 aromatic heterocycles. The summed E-state index contributed by atoms with van der Waals surface area (Å²) >= 11 is 0. The highest BCUT2D eigenvalue weighted by atomic mass is 15.1. The van der Waals surface area contributed by atoms with Gasteiger partial charge in [-0.25, -0.2) is 0 Å². The molecule has 4 nitrogen and oxygen atoms in total. The molecule has 0 radical (unpaired) electrons. The molecule has 1 fully saturated rings. The maximum atomic E-state index is 7.82. The fraction of sp³-hybridized carbons (Fsp3) is 0.375. The summed E-state index contributed by atoms with van der Waals surface area (Å²) in [5.74, 6) is 0.833. The molecule has 1 heterocycles. The van der Waals surface area contributed by atoms with Gasteiger partial charge in [0.1, 0.15) is 5.84 Å². The van der Waals surface area contributed by atoms with Crippen molar-refractivity contribution in [3.8, 4) is 0 Å². The Hall–Kier alpha value is -2.10. The van der Waals surface area contributed by atoms with Crippen LogP contribution in [-0.2, 0) is 0 Å². The number of nitrogens with one attached hydrogen (secondary N) is 1. The predicted octanol–water partition coefficient (Wildman–Crippen LogP) is 2.75. The third-order valence-corrected chi connectivity index (χ3v) is 4.31. The summed E-state index contributed by atoms with van der Waals surface area (Å²) in [7, 11) is 2.09. The van der Waals surface area contributed by atoms with Crippen LogP contribution in [0.1, 0.15) is 25.3 Å². The number of hydrogen-bond donors (Lipinski definition) is 2. The van der Waals surface area contributed by atoms with Crippen LogP contribution in [0.2, 0.25) is 0 Å². The van der Waals surface area contributed by atoms with Gasteiger partial charge < -0.3 is 10.6 Å². The lowest BCUT2D eigenvalue weighted by atomic mass is 10.0. The van der Waals surface area contributed by atoms with Gasteiger partial charge in [0.25, 0.3) is 0 Å². The van der Waals surface area contributed by atoms with E-state index in [4.69, 9.17) is 11.1 Å². The Balaban J connectivity index is 2.18. The number of nitrogen functional groups attached to an aromatic ring is 1. The van der Waals surface area contributed by atoms with Crippen LogP contribution in [0.5, 0.6) is 0 Å². The van der Waals surface area contributed by atoms with E-state index in [1.165, 1.54) is 12.8 Å². The number of anilines is 1. The van der Waals surface area contributed by atoms with E-state index in [0.717, 1.165) is 28.1 Å². The van der Waals surface area contributed by atoms with Crippen LogP contribution in [0.3, 0.4) is 0 Å². The summed E-state index contributed by atoms with van der Waals surface area (Å²) in [6.45, 7) is 2.25. The highest BCUT2D eigenvalue weighted by Crippen LogP contribution is 2.38. The van der Waals surface area contributed by atoms with E-state index in [0.29, 0.717) is 6.04 Å². The molecule has 1 aromatic carbocycles. The Kier molecular flexibility index (Phi) is 3.08. The number of rotatable bonds is 4. The number of hydrogen-bond acceptors (Lipinski definition) is 3. The van der Waals surface area contributed by atoms with Crippen molar-refractivity contribution < 1.29 is 0 Å². The summed E-state index contributed by atoms with van der Waals surface area (Å²) in [4.78, 5) is 6.68. The van der Waals surface area contributed by atoms with Gasteiger partial charge in [0.05, 0.1) is 16.8 Å². The van der Waals surface area contributed by atoms with Gasteiger partial charge in [0.2, 0.25) is 0 Å². The fourth-order valence-electron chi connectivity index (χ4n) is 2.80. The molecular formula is C16H20N4. The first kappa shape index (κ1) is 12.9. The number of nitrogens with zero attached hydrogens (tertiary/aromatic N) is 2. The molecule has 1 unspecified atom stereocenters. The largest absolute Gasteiger partial charge is 0.384 e. The van der Waals surface area contributed by atoms with Crippen molar-refractivity contribution in [3.05, 3.63) is 36.0 Å². The van der Waals surface area contributed by atoms with Crippen LogP contribution in [0.4, 0.5) is 5.69 Å². The maximum Gasteiger partial charge on any atom is 0.126 e. The fourth-order valence-corrected chi connectivity index (χ4v) is 2.80. The lowest BCUT2D eigenvalue weighted by Gasteiger charge is -2.30. The van der Waals surface area contributed by atoms with Crippen molar-refractivity contribution in [2.24, 2.45) is 11.7 Å². The zero-order valence-electron chi connectivity index (χ0n) is 11.9. The Bertz CT molecular complexity index is 661. The molecule has 0 bridgehead atoms. The van der Waals surface area contributed by atoms with E-state index in [2.05, 4.69) is 29.9 Å². The number of aromatic nitrogens is 1. The normalized spacial score (nSPS) is 16.1. The predicted molar refractivity (Wildman–Crippen MR) is 83.3 cm³/mol. The number of nitrogens with two attached hydrogens (primary N) is 1. The summed E-state index contributed by atoms with van der Waals surface area (Å²) in [6, 6.07) is 8.50. The third kappa shape index (κ3) is 2.11. The Morgan fingerprint density at radius 1 is 1.40 bits per heavy atom. The Morgan fingerprint density at radius 3 is 2.75 bits per heavy atom. The van der Waals surface area contributed by atoms with Crippen molar-refractivity contribution in [1.29, 1.82) is 5.41 Å². The topological polar surface area (TPSA) is 66.0 Å². The molecule has 1 aliphatic carbocycles. The highest BCUT2D eigenvalue weighted by molar-refractivity contribution is 6.07. The first-order valence-corrected chi connectivity index (χ1v) is 7.04. The van der Waals surface area contributed by atoms with E-state index in [1.807, 2.05) is 18.2 Å². The van der Waals surface area contributed by atoms with Crippen molar-refractivity contribution in [1.82, 2.24) is 4.98 Å². The molecule has 1 atom stereocenters. The quantitative estimate of drug-likeness (QED) is 0.662. The smallest absolute Gasteiger partial charge is 0.126 e. The summed E-state index contributed by atoms with van der Waals surface area (Å²) < 4.78 is 0. The number of pyridine rings is 1. The molecule has 1 aliphatic rings. The van der Waals surface area contributed by atoms with Gasteiger partial charge in [-0.2, -0.15) is 0 Å². The average molecular weight is 268 g/mol. The van der Waals surface area contributed by atoms with Gasteiger partial charge in [0.15, 0.2) is 0 Å². The van der Waals surface area contributed by atoms with Gasteiger partial charge in [-0.05, 0) is 31.7 Å². The van der Waals surface area contributed by atoms with E-state index in [1.54, 1.807) is 6.20 Å². The first-order chi connectivity index (χ1) is 9.59. The lowest BCUT2D eigenvalue weighted by Crippen LogP contribution is -2.32. The van der Waals surface area contributed by atoms with Crippen molar-refractivity contribution in [3.63, 3.8) is 0 Å². The van der Waals surface area contributed by atoms with Crippen molar-refractivity contribution in [2.75, 3.05) is 11.9 Å². The van der Waals surface area contributed by atoms with E-state index >= 15 is 0 Å². The second-order valence-electron chi connectivity index (χ2n) is 5.64. The third-order valence-electron chi connectivity index (χ3n) is 4.31. The van der Waals surface area contributed by atoms with E-state index in [9.17, 15) is 0 Å². The van der Waals surface area contributed by atoms with Crippen LogP contribution in [-0.4, -0.2) is 23.9 Å². The molecule has 2 aromatic rings. The highest BCUT2D eigenvalue weighted by Gasteiger charge is 2.32. The molecule has 0 amide bonds. The van der Waals surface area contributed by atoms with Gasteiger partial charge in [-0.1, -0.05) is 18.2 Å². The standard InChI is InChI=1S/C16H20N4/c1-10(11-7-8-11)20(2)15-12-5-3-4-6-14(12)19-9-13(15)16(17)18/h3-6,9-11H,7-8H2,1-2H3,(H3,17,18). The minimum atomic E-state index is 0.0769. The average Bonchev–Trinajstić information content (AvgIpc) is 3.29. The Morgan fingerprint density at radius 2 is 2.10 bits per heavy atom. The molecule has 0 spiro atoms. The monoisotopic (exact) mass is 268 g/mol. The van der Waals surface area contributed by atoms with E-state index in [-0.39, 0.29) is 5.84 Å². The van der Waals surface area contributed by atoms with Crippen LogP contribution >= 0.6 is 0 Å². The summed E-state index contributed by atoms with van der Waals surface area (Å²) in [5, 5.41) is 8.88. The summed E-state index contributed by atoms with van der Waals surface area (Å²) in [6.07, 6.45) is 4.31. The number of para-hydroxylation sites is 1. The number of amidine groups is 1. The van der Waals surface area contributed by atoms with Crippen LogP contribution in [0.25, 0.3) is 10.9 Å². The zero-order valence-corrected chi connectivity index (χ0v) is 11.9. The van der Waals surface area contributed by atoms with Crippen LogP contribution in [0.15, 0.2) is 30.5 Å². The van der Waals surface area contributed by atoms with Crippen LogP contribution < -0.4 is 10.6 Å². The van der Waals surface area contributed by atoms with Gasteiger partial charge in [-0.15, -0.1) is 0 Å². The zero-order chi connectivity index (χ0) is 14.3. The first-order valence-electron chi connectivity index (χ1n) is 7.04. The van der Waals surface area contributed by atoms with E-state index < -0.39 is 0 Å². The maximum absolute atomic E-state index is 7.82. The second kappa shape index (κ2) is 4.78. The van der Waals surface area contributed by atoms with Crippen LogP contribution in [0, 0.1) is 11.3 Å². The molecule has 1 saturated carbocycles. The number of benzene rings is 1. The second-order valence-corrected chi connectivity index (χ2v) is 5.64. The Labute approximate surface area is 119 Å². The molecular weight excluding hydrogens is 248 g/mol. The minimum Gasteiger partial charge on any atom is -0.384 e. The molecule has 4 heteroatoms. The molecule has 104 valence electrons. The number of fused-ring (bicyclic) bond motifs is 1. The minimum absolute atomic E-state index is 0.0769. The van der Waals surface area contributed by atoms with Gasteiger partial charge in [0, 0.05) is 24.7 Å². The van der Waals surface area contributed by atoms with Gasteiger partial charge >= 0.3 is 0 Å². The molecule has 3 N–H and O–H groups in total. The molecule has 3 rings (SSSR count). The van der Waals surface area contributed by atoms with Gasteiger partial charge in [-0.3, -0.25) is 10.4 Å². The lowest BCUT2D eigenvalue weighted by molar-refractivity contribution is 0.610. The SMILES string of the molecule is CC(C1CC1)N(C)c1c(C(=N)N)cnc2ccccc12. The van der Waals surface area contributed by atoms with Crippen molar-refractivity contribution >= 4 is 22.4 Å². The van der Waals surface area contributed by atoms with Crippen molar-refractivity contribution in [2.45, 2.75) is 25.8 Å². The molecule has 20 heavy (non-hydrogen) atoms. The molecule has 0 aliphatic heterocycles.